The van der Waals surface area contributed by atoms with Crippen LogP contribution >= 0.6 is 0 Å². The lowest BCUT2D eigenvalue weighted by atomic mass is 10.1. The summed E-state index contributed by atoms with van der Waals surface area (Å²) in [4.78, 5) is 8.97. The van der Waals surface area contributed by atoms with Gasteiger partial charge in [-0.3, -0.25) is 4.57 Å². The first-order chi connectivity index (χ1) is 10.3. The second-order valence-electron chi connectivity index (χ2n) is 5.17. The summed E-state index contributed by atoms with van der Waals surface area (Å²) in [6, 6.07) is 8.43. The van der Waals surface area contributed by atoms with Gasteiger partial charge in [-0.1, -0.05) is 31.2 Å². The standard InChI is InChI=1S/C17H20N4/c1-3-8-18-11-14-12-20-17(21-10-9-19-13(21)2)16-7-5-4-6-15(14)16/h4-7,9-10,12,18H,3,8,11H2,1-2H3. The summed E-state index contributed by atoms with van der Waals surface area (Å²) in [5.74, 6) is 1.89. The largest absolute Gasteiger partial charge is 0.313 e. The number of rotatable bonds is 5. The zero-order valence-electron chi connectivity index (χ0n) is 12.5. The monoisotopic (exact) mass is 280 g/mol. The molecule has 0 saturated carbocycles. The smallest absolute Gasteiger partial charge is 0.145 e. The van der Waals surface area contributed by atoms with Crippen molar-refractivity contribution in [2.45, 2.75) is 26.8 Å². The highest BCUT2D eigenvalue weighted by Crippen LogP contribution is 2.24. The minimum Gasteiger partial charge on any atom is -0.313 e. The number of hydrogen-bond donors (Lipinski definition) is 1. The molecule has 21 heavy (non-hydrogen) atoms. The maximum atomic E-state index is 4.67. The van der Waals surface area contributed by atoms with Crippen molar-refractivity contribution in [3.63, 3.8) is 0 Å². The Morgan fingerprint density at radius 3 is 2.67 bits per heavy atom. The van der Waals surface area contributed by atoms with Crippen molar-refractivity contribution in [3.8, 4) is 5.82 Å². The second kappa shape index (κ2) is 6.06. The van der Waals surface area contributed by atoms with Crippen molar-refractivity contribution in [2.24, 2.45) is 0 Å². The molecule has 0 amide bonds. The van der Waals surface area contributed by atoms with E-state index in [2.05, 4.69) is 46.5 Å². The fraction of sp³-hybridized carbons (Fsp3) is 0.294. The third kappa shape index (κ3) is 2.67. The van der Waals surface area contributed by atoms with Gasteiger partial charge in [-0.25, -0.2) is 9.97 Å². The Morgan fingerprint density at radius 1 is 1.14 bits per heavy atom. The molecule has 2 aromatic heterocycles. The molecule has 3 rings (SSSR count). The summed E-state index contributed by atoms with van der Waals surface area (Å²) in [6.07, 6.45) is 6.87. The van der Waals surface area contributed by atoms with E-state index in [4.69, 9.17) is 0 Å². The van der Waals surface area contributed by atoms with Crippen LogP contribution in [0.25, 0.3) is 16.6 Å². The lowest BCUT2D eigenvalue weighted by Gasteiger charge is -2.12. The van der Waals surface area contributed by atoms with E-state index in [-0.39, 0.29) is 0 Å². The highest BCUT2D eigenvalue weighted by atomic mass is 15.1. The number of aryl methyl sites for hydroxylation is 1. The van der Waals surface area contributed by atoms with Gasteiger partial charge in [0.2, 0.25) is 0 Å². The number of imidazole rings is 1. The summed E-state index contributed by atoms with van der Waals surface area (Å²) in [5, 5.41) is 5.86. The Bertz CT molecular complexity index is 745. The topological polar surface area (TPSA) is 42.7 Å². The zero-order chi connectivity index (χ0) is 14.7. The van der Waals surface area contributed by atoms with E-state index >= 15 is 0 Å². The molecule has 4 nitrogen and oxygen atoms in total. The summed E-state index contributed by atoms with van der Waals surface area (Å²) < 4.78 is 2.03. The molecule has 0 saturated heterocycles. The Hall–Kier alpha value is -2.20. The van der Waals surface area contributed by atoms with Crippen LogP contribution in [0.2, 0.25) is 0 Å². The first kappa shape index (κ1) is 13.8. The van der Waals surface area contributed by atoms with Gasteiger partial charge in [-0.15, -0.1) is 0 Å². The molecule has 1 N–H and O–H groups in total. The SMILES string of the molecule is CCCNCc1cnc(-n2ccnc2C)c2ccccc12. The molecule has 0 spiro atoms. The number of nitrogens with one attached hydrogen (secondary N) is 1. The fourth-order valence-corrected chi connectivity index (χ4v) is 2.57. The van der Waals surface area contributed by atoms with Crippen molar-refractivity contribution < 1.29 is 0 Å². The van der Waals surface area contributed by atoms with E-state index in [1.807, 2.05) is 30.1 Å². The number of fused-ring (bicyclic) bond motifs is 1. The third-order valence-corrected chi connectivity index (χ3v) is 3.65. The molecule has 0 fully saturated rings. The maximum Gasteiger partial charge on any atom is 0.145 e. The van der Waals surface area contributed by atoms with E-state index in [9.17, 15) is 0 Å². The summed E-state index contributed by atoms with van der Waals surface area (Å²) in [6.45, 7) is 6.04. The van der Waals surface area contributed by atoms with Gasteiger partial charge in [0.1, 0.15) is 11.6 Å². The Balaban J connectivity index is 2.09. The molecule has 0 aliphatic rings. The van der Waals surface area contributed by atoms with Crippen LogP contribution in [0.1, 0.15) is 24.7 Å². The van der Waals surface area contributed by atoms with E-state index in [0.29, 0.717) is 0 Å². The average molecular weight is 280 g/mol. The maximum absolute atomic E-state index is 4.67. The van der Waals surface area contributed by atoms with Crippen LogP contribution in [-0.4, -0.2) is 21.1 Å². The van der Waals surface area contributed by atoms with Crippen LogP contribution in [0.15, 0.2) is 42.9 Å². The summed E-state index contributed by atoms with van der Waals surface area (Å²) in [5.41, 5.74) is 1.24. The molecule has 0 bridgehead atoms. The van der Waals surface area contributed by atoms with Crippen LogP contribution in [0.3, 0.4) is 0 Å². The van der Waals surface area contributed by atoms with Gasteiger partial charge in [0.25, 0.3) is 0 Å². The first-order valence-corrected chi connectivity index (χ1v) is 7.39. The van der Waals surface area contributed by atoms with Crippen LogP contribution in [0.4, 0.5) is 0 Å². The number of benzene rings is 1. The van der Waals surface area contributed by atoms with Crippen LogP contribution in [0.5, 0.6) is 0 Å². The van der Waals surface area contributed by atoms with Crippen molar-refractivity contribution in [1.29, 1.82) is 0 Å². The van der Waals surface area contributed by atoms with Gasteiger partial charge in [0.05, 0.1) is 0 Å². The number of aromatic nitrogens is 3. The number of pyridine rings is 1. The minimum atomic E-state index is 0.852. The van der Waals surface area contributed by atoms with Crippen LogP contribution in [0, 0.1) is 6.92 Å². The van der Waals surface area contributed by atoms with Gasteiger partial charge in [-0.2, -0.15) is 0 Å². The highest BCUT2D eigenvalue weighted by Gasteiger charge is 2.10. The highest BCUT2D eigenvalue weighted by molar-refractivity contribution is 5.91. The number of hydrogen-bond acceptors (Lipinski definition) is 3. The molecule has 108 valence electrons. The molecule has 1 aromatic carbocycles. The van der Waals surface area contributed by atoms with E-state index < -0.39 is 0 Å². The first-order valence-electron chi connectivity index (χ1n) is 7.39. The predicted molar refractivity (Wildman–Crippen MR) is 85.6 cm³/mol. The van der Waals surface area contributed by atoms with Gasteiger partial charge < -0.3 is 5.32 Å². The molecule has 3 aromatic rings. The quantitative estimate of drug-likeness (QED) is 0.730. The lowest BCUT2D eigenvalue weighted by Crippen LogP contribution is -2.14. The molecule has 4 heteroatoms. The van der Waals surface area contributed by atoms with Gasteiger partial charge >= 0.3 is 0 Å². The molecule has 0 unspecified atom stereocenters. The van der Waals surface area contributed by atoms with E-state index in [1.165, 1.54) is 10.9 Å². The van der Waals surface area contributed by atoms with Crippen molar-refractivity contribution in [2.75, 3.05) is 6.54 Å². The number of nitrogens with zero attached hydrogens (tertiary/aromatic N) is 3. The lowest BCUT2D eigenvalue weighted by molar-refractivity contribution is 0.676. The Morgan fingerprint density at radius 2 is 1.95 bits per heavy atom. The van der Waals surface area contributed by atoms with Crippen molar-refractivity contribution in [1.82, 2.24) is 19.9 Å². The van der Waals surface area contributed by atoms with Crippen LogP contribution in [-0.2, 0) is 6.54 Å². The second-order valence-corrected chi connectivity index (χ2v) is 5.17. The average Bonchev–Trinajstić information content (AvgIpc) is 2.93. The van der Waals surface area contributed by atoms with Gasteiger partial charge in [0.15, 0.2) is 0 Å². The molecule has 0 atom stereocenters. The summed E-state index contributed by atoms with van der Waals surface area (Å²) in [7, 11) is 0. The molecular weight excluding hydrogens is 260 g/mol. The molecule has 0 radical (unpaired) electrons. The normalized spacial score (nSPS) is 11.1. The van der Waals surface area contributed by atoms with Crippen molar-refractivity contribution >= 4 is 10.8 Å². The summed E-state index contributed by atoms with van der Waals surface area (Å²) >= 11 is 0. The molecular formula is C17H20N4. The zero-order valence-corrected chi connectivity index (χ0v) is 12.5. The molecule has 0 aliphatic carbocycles. The fourth-order valence-electron chi connectivity index (χ4n) is 2.57. The van der Waals surface area contributed by atoms with Crippen LogP contribution < -0.4 is 5.32 Å². The van der Waals surface area contributed by atoms with E-state index in [0.717, 1.165) is 36.5 Å². The molecule has 2 heterocycles. The third-order valence-electron chi connectivity index (χ3n) is 3.65. The van der Waals surface area contributed by atoms with Gasteiger partial charge in [-0.05, 0) is 30.8 Å². The van der Waals surface area contributed by atoms with Crippen molar-refractivity contribution in [3.05, 3.63) is 54.2 Å². The van der Waals surface area contributed by atoms with Gasteiger partial charge in [0, 0.05) is 30.5 Å². The van der Waals surface area contributed by atoms with E-state index in [1.54, 1.807) is 0 Å². The minimum absolute atomic E-state index is 0.852. The Kier molecular flexibility index (Phi) is 3.97. The Labute approximate surface area is 124 Å². The molecule has 0 aliphatic heterocycles. The predicted octanol–water partition coefficient (Wildman–Crippen LogP) is 3.23.